The minimum Gasteiger partial charge on any atom is -0.360 e. The predicted molar refractivity (Wildman–Crippen MR) is 113 cm³/mol. The summed E-state index contributed by atoms with van der Waals surface area (Å²) in [5.41, 5.74) is 5.03. The number of pyridine rings is 2. The van der Waals surface area contributed by atoms with E-state index < -0.39 is 0 Å². The number of hydrogen-bond donors (Lipinski definition) is 0. The minimum atomic E-state index is -0.306. The zero-order valence-corrected chi connectivity index (χ0v) is 20.3. The van der Waals surface area contributed by atoms with Gasteiger partial charge in [-0.15, -0.1) is 57.1 Å². The van der Waals surface area contributed by atoms with Crippen molar-refractivity contribution in [2.24, 2.45) is 0 Å². The molecule has 5 heterocycles. The van der Waals surface area contributed by atoms with Gasteiger partial charge in [0.25, 0.3) is 0 Å². The summed E-state index contributed by atoms with van der Waals surface area (Å²) in [5.74, 6) is 0. The molecule has 0 amide bonds. The van der Waals surface area contributed by atoms with Crippen LogP contribution in [0.1, 0.15) is 48.8 Å². The Kier molecular flexibility index (Phi) is 5.09. The summed E-state index contributed by atoms with van der Waals surface area (Å²) in [6.07, 6.45) is 7.42. The molecule has 8 bridgehead atoms. The summed E-state index contributed by atoms with van der Waals surface area (Å²) >= 11 is 3.30. The van der Waals surface area contributed by atoms with Gasteiger partial charge in [0.05, 0.1) is 10.0 Å². The van der Waals surface area contributed by atoms with Gasteiger partial charge < -0.3 is 9.97 Å². The standard InChI is InChI=1S/C22H18N4S2.Pt/c1-21(2)15-5-13(7-23-9-15)18-12-28-20(26-18)22(3,4)16-6-14(8-24-10-16)17-11-27-19(21)25-17;/h7-12H,1-4H3;/q-2;+2. The smallest absolute Gasteiger partial charge is 0.360 e. The Hall–Kier alpha value is -1.75. The number of rotatable bonds is 0. The first-order chi connectivity index (χ1) is 13.4. The molecule has 5 rings (SSSR count). The maximum absolute atomic E-state index is 4.93. The third kappa shape index (κ3) is 3.31. The van der Waals surface area contributed by atoms with Crippen molar-refractivity contribution in [3.63, 3.8) is 0 Å². The molecule has 0 spiro atoms. The second-order valence-corrected chi connectivity index (χ2v) is 9.76. The summed E-state index contributed by atoms with van der Waals surface area (Å²) in [6.45, 7) is 8.64. The van der Waals surface area contributed by atoms with E-state index >= 15 is 0 Å². The number of nitrogens with zero attached hydrogens (tertiary/aromatic N) is 4. The molecular weight excluding hydrogens is 579 g/mol. The average molecular weight is 598 g/mol. The molecule has 0 atom stereocenters. The van der Waals surface area contributed by atoms with Gasteiger partial charge in [-0.2, -0.15) is 0 Å². The second kappa shape index (κ2) is 7.19. The van der Waals surface area contributed by atoms with E-state index in [1.165, 1.54) is 0 Å². The van der Waals surface area contributed by atoms with Crippen molar-refractivity contribution >= 4 is 22.7 Å². The van der Waals surface area contributed by atoms with E-state index in [4.69, 9.17) is 9.97 Å². The molecule has 7 heteroatoms. The van der Waals surface area contributed by atoms with Crippen LogP contribution in [0.2, 0.25) is 0 Å². The van der Waals surface area contributed by atoms with Crippen molar-refractivity contribution in [2.45, 2.75) is 38.5 Å². The predicted octanol–water partition coefficient (Wildman–Crippen LogP) is 5.29. The molecule has 1 aliphatic rings. The van der Waals surface area contributed by atoms with E-state index in [9.17, 15) is 0 Å². The van der Waals surface area contributed by atoms with Gasteiger partial charge in [-0.05, 0) is 10.8 Å². The van der Waals surface area contributed by atoms with Crippen molar-refractivity contribution in [1.82, 2.24) is 19.9 Å². The third-order valence-corrected chi connectivity index (χ3v) is 7.66. The Labute approximate surface area is 192 Å². The van der Waals surface area contributed by atoms with Gasteiger partial charge >= 0.3 is 21.1 Å². The van der Waals surface area contributed by atoms with Gasteiger partial charge in [0.1, 0.15) is 0 Å². The molecule has 29 heavy (non-hydrogen) atoms. The maximum Gasteiger partial charge on any atom is 2.00 e. The first-order valence-electron chi connectivity index (χ1n) is 9.04. The van der Waals surface area contributed by atoms with Gasteiger partial charge in [-0.1, -0.05) is 52.5 Å². The van der Waals surface area contributed by atoms with Crippen molar-refractivity contribution < 1.29 is 21.1 Å². The van der Waals surface area contributed by atoms with Crippen LogP contribution < -0.4 is 0 Å². The first kappa shape index (κ1) is 20.5. The molecule has 0 saturated carbocycles. The molecule has 0 unspecified atom stereocenters. The normalized spacial score (nSPS) is 15.9. The van der Waals surface area contributed by atoms with E-state index in [2.05, 4.69) is 60.6 Å². The van der Waals surface area contributed by atoms with Crippen LogP contribution in [0.4, 0.5) is 0 Å². The van der Waals surface area contributed by atoms with Gasteiger partial charge in [0, 0.05) is 22.2 Å². The maximum atomic E-state index is 4.93. The molecule has 1 aliphatic heterocycles. The van der Waals surface area contributed by atoms with E-state index in [1.54, 1.807) is 22.7 Å². The number of fused-ring (bicyclic) bond motifs is 10. The van der Waals surface area contributed by atoms with Crippen LogP contribution in [0, 0.1) is 12.1 Å². The molecule has 0 saturated heterocycles. The zero-order valence-electron chi connectivity index (χ0n) is 16.4. The summed E-state index contributed by atoms with van der Waals surface area (Å²) in [6, 6.07) is 7.09. The second-order valence-electron chi connectivity index (χ2n) is 8.05. The number of thiazole rings is 2. The molecule has 4 aromatic heterocycles. The molecule has 0 N–H and O–H groups in total. The van der Waals surface area contributed by atoms with Crippen LogP contribution in [-0.2, 0) is 31.9 Å². The summed E-state index contributed by atoms with van der Waals surface area (Å²) in [4.78, 5) is 18.8. The van der Waals surface area contributed by atoms with Crippen LogP contribution in [0.25, 0.3) is 22.5 Å². The molecular formula is C22H18N4PtS2. The monoisotopic (exact) mass is 597 g/mol. The SMILES string of the molecule is CC1(C)c2[c-]c(cnc2)-c2csc(n2)C(C)(C)c2[c-]c(cnc2)-c2csc1n2.[Pt+2]. The van der Waals surface area contributed by atoms with Crippen LogP contribution >= 0.6 is 22.7 Å². The minimum absolute atomic E-state index is 0. The van der Waals surface area contributed by atoms with Crippen LogP contribution in [0.15, 0.2) is 35.5 Å². The van der Waals surface area contributed by atoms with Crippen LogP contribution in [-0.4, -0.2) is 19.9 Å². The Balaban J connectivity index is 0.00000205. The topological polar surface area (TPSA) is 51.6 Å². The Morgan fingerprint density at radius 1 is 0.690 bits per heavy atom. The first-order valence-corrected chi connectivity index (χ1v) is 10.8. The fourth-order valence-corrected chi connectivity index (χ4v) is 5.20. The van der Waals surface area contributed by atoms with Crippen LogP contribution in [0.3, 0.4) is 0 Å². The Morgan fingerprint density at radius 3 is 1.52 bits per heavy atom. The van der Waals surface area contributed by atoms with Gasteiger partial charge in [0.15, 0.2) is 0 Å². The average Bonchev–Trinajstić information content (AvgIpc) is 3.38. The molecule has 0 radical (unpaired) electrons. The molecule has 4 nitrogen and oxygen atoms in total. The largest absolute Gasteiger partial charge is 2.00 e. The molecule has 0 aliphatic carbocycles. The quantitative estimate of drug-likeness (QED) is 0.259. The third-order valence-electron chi connectivity index (χ3n) is 5.33. The van der Waals surface area contributed by atoms with Gasteiger partial charge in [-0.25, -0.2) is 0 Å². The Bertz CT molecular complexity index is 1100. The van der Waals surface area contributed by atoms with Crippen molar-refractivity contribution in [3.05, 3.63) is 68.8 Å². The van der Waals surface area contributed by atoms with Crippen molar-refractivity contribution in [2.75, 3.05) is 0 Å². The fraction of sp³-hybridized carbons (Fsp3) is 0.273. The number of aromatic nitrogens is 4. The van der Waals surface area contributed by atoms with E-state index in [1.807, 2.05) is 24.8 Å². The summed E-state index contributed by atoms with van der Waals surface area (Å²) in [7, 11) is 0. The van der Waals surface area contributed by atoms with Crippen molar-refractivity contribution in [3.8, 4) is 22.5 Å². The summed E-state index contributed by atoms with van der Waals surface area (Å²) in [5, 5.41) is 6.21. The van der Waals surface area contributed by atoms with Gasteiger partial charge in [0.2, 0.25) is 0 Å². The number of hydrogen-bond acceptors (Lipinski definition) is 6. The summed E-state index contributed by atoms with van der Waals surface area (Å²) < 4.78 is 0. The van der Waals surface area contributed by atoms with E-state index in [-0.39, 0.29) is 31.9 Å². The molecule has 0 aromatic carbocycles. The van der Waals surface area contributed by atoms with Gasteiger partial charge in [-0.3, -0.25) is 9.97 Å². The fourth-order valence-electron chi connectivity index (χ4n) is 3.29. The Morgan fingerprint density at radius 2 is 1.10 bits per heavy atom. The molecule has 0 fully saturated rings. The molecule has 148 valence electrons. The molecule has 4 aromatic rings. The van der Waals surface area contributed by atoms with E-state index in [0.29, 0.717) is 0 Å². The van der Waals surface area contributed by atoms with Crippen LogP contribution in [0.5, 0.6) is 0 Å². The zero-order chi connectivity index (χ0) is 19.5. The van der Waals surface area contributed by atoms with Crippen molar-refractivity contribution in [1.29, 1.82) is 0 Å². The van der Waals surface area contributed by atoms with E-state index in [0.717, 1.165) is 43.7 Å².